The number of nitrogens with zero attached hydrogens (tertiary/aromatic N) is 7. The summed E-state index contributed by atoms with van der Waals surface area (Å²) in [7, 11) is -4.58. The Kier molecular flexibility index (Phi) is 8.35. The van der Waals surface area contributed by atoms with Crippen LogP contribution >= 0.6 is 0 Å². The molecular weight excluding hydrogens is 604 g/mol. The highest BCUT2D eigenvalue weighted by atomic mass is 32.2. The van der Waals surface area contributed by atoms with Crippen molar-refractivity contribution in [2.75, 3.05) is 5.32 Å². The molecule has 6 N–H and O–H groups in total. The quantitative estimate of drug-likeness (QED) is 0.0831. The Labute approximate surface area is 257 Å². The lowest BCUT2D eigenvalue weighted by Crippen LogP contribution is -2.01. The molecule has 0 aliphatic heterocycles. The molecule has 0 unspecified atom stereocenters. The Balaban J connectivity index is 1.51. The fourth-order valence-corrected chi connectivity index (χ4v) is 4.85. The van der Waals surface area contributed by atoms with Crippen molar-refractivity contribution in [3.63, 3.8) is 0 Å². The van der Waals surface area contributed by atoms with Crippen LogP contribution in [-0.4, -0.2) is 48.3 Å². The average molecular weight is 633 g/mol. The van der Waals surface area contributed by atoms with Crippen molar-refractivity contribution >= 4 is 55.3 Å². The van der Waals surface area contributed by atoms with Gasteiger partial charge >= 0.3 is 0 Å². The summed E-state index contributed by atoms with van der Waals surface area (Å²) >= 11 is 0. The van der Waals surface area contributed by atoms with Crippen LogP contribution in [0.3, 0.4) is 0 Å². The van der Waals surface area contributed by atoms with Crippen molar-refractivity contribution < 1.29 is 34.8 Å². The van der Waals surface area contributed by atoms with Gasteiger partial charge in [-0.05, 0) is 84.5 Å². The topological polar surface area (TPSA) is 235 Å². The molecule has 5 aromatic rings. The largest absolute Gasteiger partial charge is 0.506 e. The summed E-state index contributed by atoms with van der Waals surface area (Å²) in [5.74, 6) is -0.00370. The van der Waals surface area contributed by atoms with Gasteiger partial charge in [0.2, 0.25) is 5.95 Å². The predicted molar refractivity (Wildman–Crippen MR) is 163 cm³/mol. The Hall–Kier alpha value is -5.42. The molecule has 230 valence electrons. The van der Waals surface area contributed by atoms with E-state index < -0.39 is 34.0 Å². The normalized spacial score (nSPS) is 12.3. The molecule has 15 nitrogen and oxygen atoms in total. The Morgan fingerprint density at radius 2 is 1.42 bits per heavy atom. The van der Waals surface area contributed by atoms with Gasteiger partial charge in [0.1, 0.15) is 42.0 Å². The minimum Gasteiger partial charge on any atom is -0.506 e. The second-order valence-corrected chi connectivity index (χ2v) is 11.1. The summed E-state index contributed by atoms with van der Waals surface area (Å²) < 4.78 is 40.1. The molecule has 1 aromatic heterocycles. The van der Waals surface area contributed by atoms with Crippen molar-refractivity contribution in [1.29, 1.82) is 0 Å². The summed E-state index contributed by atoms with van der Waals surface area (Å²) in [4.78, 5) is 11.5. The number of nitrogens with one attached hydrogen (secondary N) is 1. The molecule has 5 rings (SSSR count). The molecule has 16 heteroatoms. The number of hydrogen-bond donors (Lipinski definition) is 6. The van der Waals surface area contributed by atoms with Crippen LogP contribution in [0.15, 0.2) is 86.3 Å². The highest BCUT2D eigenvalue weighted by Crippen LogP contribution is 2.41. The van der Waals surface area contributed by atoms with Gasteiger partial charge in [0.25, 0.3) is 10.1 Å². The third-order valence-electron chi connectivity index (χ3n) is 6.72. The molecule has 0 saturated carbocycles. The monoisotopic (exact) mass is 632 g/mol. The number of phenols is 2. The van der Waals surface area contributed by atoms with Gasteiger partial charge in [0.15, 0.2) is 5.75 Å². The zero-order valence-electron chi connectivity index (χ0n) is 24.7. The highest BCUT2D eigenvalue weighted by Gasteiger charge is 2.15. The van der Waals surface area contributed by atoms with Gasteiger partial charge in [-0.25, -0.2) is 9.97 Å². The number of fused-ring (bicyclic) bond motifs is 1. The molecule has 45 heavy (non-hydrogen) atoms. The first kappa shape index (κ1) is 29.6. The van der Waals surface area contributed by atoms with Crippen LogP contribution < -0.4 is 5.32 Å². The van der Waals surface area contributed by atoms with Crippen LogP contribution in [0.1, 0.15) is 23.9 Å². The summed E-state index contributed by atoms with van der Waals surface area (Å²) in [6, 6.07) is 12.4. The van der Waals surface area contributed by atoms with E-state index in [1.54, 1.807) is 31.2 Å². The third-order valence-corrected chi connectivity index (χ3v) is 7.57. The molecule has 0 amide bonds. The number of aromatic nitrogens is 3. The fraction of sp³-hybridized carbons (Fsp3) is 0.138. The Bertz CT molecular complexity index is 2140. The van der Waals surface area contributed by atoms with Crippen LogP contribution in [-0.2, 0) is 23.3 Å². The van der Waals surface area contributed by atoms with Gasteiger partial charge in [-0.3, -0.25) is 4.55 Å². The maximum atomic E-state index is 11.5. The van der Waals surface area contributed by atoms with E-state index in [-0.39, 0.29) is 40.8 Å². The number of rotatable bonds is 9. The summed E-state index contributed by atoms with van der Waals surface area (Å²) in [6.45, 7) is 2.58. The molecule has 0 bridgehead atoms. The van der Waals surface area contributed by atoms with Crippen molar-refractivity contribution in [3.05, 3.63) is 83.4 Å². The van der Waals surface area contributed by atoms with E-state index in [9.17, 15) is 33.4 Å². The predicted octanol–water partition coefficient (Wildman–Crippen LogP) is 5.86. The van der Waals surface area contributed by atoms with Crippen LogP contribution in [0.25, 0.3) is 10.8 Å². The van der Waals surface area contributed by atoms with Gasteiger partial charge < -0.3 is 25.7 Å². The molecular formula is C29H26N8O7S. The number of benzene rings is 4. The number of aliphatic hydroxyl groups excluding tert-OH is 2. The Morgan fingerprint density at radius 1 is 0.800 bits per heavy atom. The molecule has 0 aliphatic carbocycles. The molecule has 0 fully saturated rings. The van der Waals surface area contributed by atoms with Crippen molar-refractivity contribution in [1.82, 2.24) is 15.0 Å². The molecule has 0 radical (unpaired) electrons. The van der Waals surface area contributed by atoms with Gasteiger partial charge in [-0.1, -0.05) is 6.07 Å². The van der Waals surface area contributed by atoms with E-state index in [1.165, 1.54) is 12.1 Å². The van der Waals surface area contributed by atoms with Crippen molar-refractivity contribution in [3.8, 4) is 11.5 Å². The van der Waals surface area contributed by atoms with Crippen molar-refractivity contribution in [2.45, 2.75) is 32.0 Å². The van der Waals surface area contributed by atoms with Crippen LogP contribution in [0.4, 0.5) is 34.4 Å². The molecule has 1 heterocycles. The lowest BCUT2D eigenvalue weighted by atomic mass is 10.0. The fourth-order valence-electron chi connectivity index (χ4n) is 4.35. The standard InChI is InChI=1S/C29H26N8O7S/c1-15-20-4-7-23(28(41)21(20)5-6-22(15)33-29-31-14-30-16(2)32-29)34-35-24-9-17(12-38)18(13-39)10-25(24)36-37-26-11-19(45(42,43)44)3-8-27(26)40/h3-11,14,38-41H,12-13H2,1-2H3,(H,42,43,44)(H,30,31,32,33)/i14T. The average Bonchev–Trinajstić information content (AvgIpc) is 3.00. The number of hydrogen-bond acceptors (Lipinski definition) is 14. The second-order valence-electron chi connectivity index (χ2n) is 9.65. The lowest BCUT2D eigenvalue weighted by molar-refractivity contribution is 0.260. The molecule has 0 saturated heterocycles. The van der Waals surface area contributed by atoms with E-state index >= 15 is 0 Å². The van der Waals surface area contributed by atoms with E-state index in [4.69, 9.17) is 1.37 Å². The number of phenolic OH excluding ortho intramolecular Hbond substituents is 2. The van der Waals surface area contributed by atoms with Gasteiger partial charge in [-0.2, -0.15) is 13.4 Å². The van der Waals surface area contributed by atoms with E-state index in [2.05, 4.69) is 40.7 Å². The number of anilines is 2. The summed E-state index contributed by atoms with van der Waals surface area (Å²) in [6.07, 6.45) is -0.174. The summed E-state index contributed by atoms with van der Waals surface area (Å²) in [5.41, 5.74) is 1.92. The minimum absolute atomic E-state index is 0.0258. The zero-order chi connectivity index (χ0) is 33.2. The molecule has 4 aromatic carbocycles. The first-order chi connectivity index (χ1) is 21.9. The number of aryl methyl sites for hydroxylation is 2. The first-order valence-corrected chi connectivity index (χ1v) is 14.5. The maximum absolute atomic E-state index is 11.5. The zero-order valence-corrected chi connectivity index (χ0v) is 24.5. The smallest absolute Gasteiger partial charge is 0.294 e. The lowest BCUT2D eigenvalue weighted by Gasteiger charge is -2.12. The number of azo groups is 2. The minimum atomic E-state index is -4.58. The van der Waals surface area contributed by atoms with Gasteiger partial charge in [-0.15, -0.1) is 20.5 Å². The third kappa shape index (κ3) is 6.73. The SMILES string of the molecule is [3H]c1nc(C)nc(Nc2ccc3c(O)c(N=Nc4cc(CO)c(CO)cc4N=Nc4cc(S(=O)(=O)O)ccc4O)ccc3c2C)n1. The molecule has 0 atom stereocenters. The number of aliphatic hydroxyl groups is 2. The van der Waals surface area contributed by atoms with Gasteiger partial charge in [0.05, 0.1) is 18.1 Å². The van der Waals surface area contributed by atoms with Crippen molar-refractivity contribution in [2.24, 2.45) is 20.5 Å². The molecule has 0 aliphatic rings. The van der Waals surface area contributed by atoms with E-state index in [0.29, 0.717) is 33.4 Å². The first-order valence-electron chi connectivity index (χ1n) is 13.6. The van der Waals surface area contributed by atoms with Crippen LogP contribution in [0.5, 0.6) is 11.5 Å². The summed E-state index contributed by atoms with van der Waals surface area (Å²) in [5, 5.41) is 61.4. The highest BCUT2D eigenvalue weighted by molar-refractivity contribution is 7.85. The maximum Gasteiger partial charge on any atom is 0.294 e. The van der Waals surface area contributed by atoms with Crippen LogP contribution in [0, 0.1) is 13.8 Å². The second kappa shape index (κ2) is 12.7. The van der Waals surface area contributed by atoms with E-state index in [0.717, 1.165) is 23.8 Å². The number of aromatic hydroxyl groups is 2. The van der Waals surface area contributed by atoms with Gasteiger partial charge in [0, 0.05) is 11.1 Å². The van der Waals surface area contributed by atoms with E-state index in [1.807, 2.05) is 6.92 Å². The van der Waals surface area contributed by atoms with Crippen LogP contribution in [0.2, 0.25) is 0 Å². The molecule has 0 spiro atoms. The Morgan fingerprint density at radius 3 is 2.04 bits per heavy atom.